The van der Waals surface area contributed by atoms with Gasteiger partial charge >= 0.3 is 5.76 Å². The molecule has 0 aliphatic carbocycles. The van der Waals surface area contributed by atoms with Crippen LogP contribution in [0.15, 0.2) is 39.5 Å². The molecule has 1 aromatic heterocycles. The molecule has 0 saturated heterocycles. The summed E-state index contributed by atoms with van der Waals surface area (Å²) in [6, 6.07) is 8.83. The van der Waals surface area contributed by atoms with Crippen LogP contribution in [0.4, 0.5) is 5.69 Å². The zero-order valence-corrected chi connectivity index (χ0v) is 22.6. The van der Waals surface area contributed by atoms with Gasteiger partial charge in [-0.05, 0) is 48.1 Å². The summed E-state index contributed by atoms with van der Waals surface area (Å²) >= 11 is 0. The fourth-order valence-electron chi connectivity index (χ4n) is 4.17. The summed E-state index contributed by atoms with van der Waals surface area (Å²) in [6.07, 6.45) is 3.02. The predicted molar refractivity (Wildman–Crippen MR) is 144 cm³/mol. The Bertz CT molecular complexity index is 1300. The highest BCUT2D eigenvalue weighted by Crippen LogP contribution is 2.39. The Labute approximate surface area is 213 Å². The van der Waals surface area contributed by atoms with Crippen molar-refractivity contribution in [3.8, 4) is 11.5 Å². The first-order valence-corrected chi connectivity index (χ1v) is 12.9. The number of nitrogen functional groups attached to an aromatic ring is 1. The summed E-state index contributed by atoms with van der Waals surface area (Å²) in [7, 11) is 0. The lowest BCUT2D eigenvalue weighted by Gasteiger charge is -2.31. The van der Waals surface area contributed by atoms with E-state index in [1.165, 1.54) is 17.7 Å². The number of hydrogen-bond donors (Lipinski definition) is 2. The Morgan fingerprint density at radius 3 is 2.36 bits per heavy atom. The lowest BCUT2D eigenvalue weighted by molar-refractivity contribution is 0.0675. The number of aromatic nitrogens is 1. The van der Waals surface area contributed by atoms with Crippen LogP contribution in [0.3, 0.4) is 0 Å². The number of unbranched alkanes of at least 4 members (excludes halogenated alkanes) is 1. The van der Waals surface area contributed by atoms with Crippen LogP contribution in [0.1, 0.15) is 96.5 Å². The average Bonchev–Trinajstić information content (AvgIpc) is 3.15. The van der Waals surface area contributed by atoms with Gasteiger partial charge in [0.15, 0.2) is 11.7 Å². The highest BCUT2D eigenvalue weighted by molar-refractivity contribution is 5.93. The first-order valence-electron chi connectivity index (χ1n) is 12.9. The van der Waals surface area contributed by atoms with E-state index in [-0.39, 0.29) is 33.4 Å². The number of nitrogens with zero attached hydrogens (tertiary/aromatic N) is 1. The van der Waals surface area contributed by atoms with E-state index in [9.17, 15) is 14.7 Å². The summed E-state index contributed by atoms with van der Waals surface area (Å²) < 4.78 is 12.6. The van der Waals surface area contributed by atoms with E-state index in [0.29, 0.717) is 12.2 Å². The van der Waals surface area contributed by atoms with Crippen molar-refractivity contribution in [1.82, 2.24) is 4.57 Å². The summed E-state index contributed by atoms with van der Waals surface area (Å²) in [5.74, 6) is -0.953. The van der Waals surface area contributed by atoms with Gasteiger partial charge in [-0.25, -0.2) is 9.36 Å². The van der Waals surface area contributed by atoms with E-state index < -0.39 is 17.8 Å². The number of carbonyl (C=O) groups excluding carboxylic acids is 1. The molecule has 0 bridgehead atoms. The van der Waals surface area contributed by atoms with E-state index >= 15 is 0 Å². The van der Waals surface area contributed by atoms with Crippen molar-refractivity contribution in [1.29, 1.82) is 0 Å². The number of carbonyl (C=O) groups is 1. The third kappa shape index (κ3) is 5.30. The Morgan fingerprint density at radius 2 is 1.75 bits per heavy atom. The molecule has 1 heterocycles. The van der Waals surface area contributed by atoms with E-state index in [1.807, 2.05) is 13.0 Å². The smallest absolute Gasteiger partial charge is 0.427 e. The van der Waals surface area contributed by atoms with Crippen molar-refractivity contribution >= 4 is 22.7 Å². The molecule has 196 valence electrons. The van der Waals surface area contributed by atoms with E-state index in [2.05, 4.69) is 53.7 Å². The van der Waals surface area contributed by atoms with Crippen LogP contribution < -0.4 is 16.2 Å². The van der Waals surface area contributed by atoms with E-state index in [1.54, 1.807) is 0 Å². The molecule has 0 aliphatic heterocycles. The molecule has 0 amide bonds. The van der Waals surface area contributed by atoms with Crippen molar-refractivity contribution in [3.63, 3.8) is 0 Å². The van der Waals surface area contributed by atoms with Crippen LogP contribution in [0.5, 0.6) is 11.5 Å². The summed E-state index contributed by atoms with van der Waals surface area (Å²) in [5.41, 5.74) is 8.18. The third-order valence-corrected chi connectivity index (χ3v) is 7.57. The number of phenols is 1. The molecule has 36 heavy (non-hydrogen) atoms. The lowest BCUT2D eigenvalue weighted by Crippen LogP contribution is -2.37. The highest BCUT2D eigenvalue weighted by atomic mass is 16.5. The quantitative estimate of drug-likeness (QED) is 0.244. The molecule has 0 fully saturated rings. The second kappa shape index (κ2) is 10.4. The zero-order valence-electron chi connectivity index (χ0n) is 22.6. The van der Waals surface area contributed by atoms with Crippen molar-refractivity contribution in [2.75, 3.05) is 5.73 Å². The van der Waals surface area contributed by atoms with Crippen LogP contribution in [0.25, 0.3) is 11.1 Å². The normalized spacial score (nSPS) is 13.2. The largest absolute Gasteiger partial charge is 0.506 e. The maximum atomic E-state index is 13.7. The third-order valence-electron chi connectivity index (χ3n) is 7.57. The topological polar surface area (TPSA) is 108 Å². The predicted octanol–water partition coefficient (Wildman–Crippen LogP) is 6.54. The first kappa shape index (κ1) is 27.4. The van der Waals surface area contributed by atoms with Crippen LogP contribution in [-0.4, -0.2) is 21.7 Å². The highest BCUT2D eigenvalue weighted by Gasteiger charge is 2.31. The van der Waals surface area contributed by atoms with Gasteiger partial charge in [-0.2, -0.15) is 0 Å². The number of fused-ring (bicyclic) bond motifs is 1. The van der Waals surface area contributed by atoms with Crippen LogP contribution in [0.2, 0.25) is 0 Å². The first-order chi connectivity index (χ1) is 16.9. The number of aromatic hydroxyl groups is 1. The van der Waals surface area contributed by atoms with Crippen molar-refractivity contribution in [3.05, 3.63) is 52.0 Å². The Balaban J connectivity index is 2.10. The fourth-order valence-corrected chi connectivity index (χ4v) is 4.17. The summed E-state index contributed by atoms with van der Waals surface area (Å²) in [5, 5.41) is 10.1. The second-order valence-electron chi connectivity index (χ2n) is 10.9. The minimum Gasteiger partial charge on any atom is -0.506 e. The number of phenolic OH excluding ortho intramolecular Hbond substituents is 1. The standard InChI is InChI=1S/C29H40N2O5/c1-8-11-12-24(26(33)31-21-17-22(32)20(30)16-25(21)36-27(31)34)35-23-14-13-18(28(4,5)9-2)15-19(23)29(6,7)10-3/h13-17,24,32H,8-12,30H2,1-7H3. The lowest BCUT2D eigenvalue weighted by atomic mass is 9.76. The molecule has 0 saturated carbocycles. The number of rotatable bonds is 10. The summed E-state index contributed by atoms with van der Waals surface area (Å²) in [6.45, 7) is 15.1. The molecule has 0 radical (unpaired) electrons. The fraction of sp³-hybridized carbons (Fsp3) is 0.517. The Morgan fingerprint density at radius 1 is 1.08 bits per heavy atom. The number of ether oxygens (including phenoxy) is 1. The van der Waals surface area contributed by atoms with Crippen molar-refractivity contribution in [2.24, 2.45) is 0 Å². The minimum atomic E-state index is -0.903. The van der Waals surface area contributed by atoms with Gasteiger partial charge < -0.3 is 20.0 Å². The molecule has 0 spiro atoms. The molecular formula is C29H40N2O5. The van der Waals surface area contributed by atoms with Crippen molar-refractivity contribution in [2.45, 2.75) is 97.5 Å². The van der Waals surface area contributed by atoms with Crippen LogP contribution in [0, 0.1) is 0 Å². The molecule has 3 rings (SSSR count). The van der Waals surface area contributed by atoms with Gasteiger partial charge in [-0.15, -0.1) is 0 Å². The summed E-state index contributed by atoms with van der Waals surface area (Å²) in [4.78, 5) is 26.4. The monoisotopic (exact) mass is 496 g/mol. The second-order valence-corrected chi connectivity index (χ2v) is 10.9. The molecule has 1 atom stereocenters. The number of nitrogens with two attached hydrogens (primary N) is 1. The number of anilines is 1. The molecule has 2 aromatic carbocycles. The van der Waals surface area contributed by atoms with Gasteiger partial charge in [0.2, 0.25) is 0 Å². The maximum absolute atomic E-state index is 13.7. The van der Waals surface area contributed by atoms with Gasteiger partial charge in [0, 0.05) is 17.7 Å². The molecule has 7 heteroatoms. The maximum Gasteiger partial charge on any atom is 0.427 e. The van der Waals surface area contributed by atoms with Crippen LogP contribution >= 0.6 is 0 Å². The molecular weight excluding hydrogens is 456 g/mol. The molecule has 3 N–H and O–H groups in total. The van der Waals surface area contributed by atoms with Gasteiger partial charge in [-0.3, -0.25) is 4.79 Å². The average molecular weight is 497 g/mol. The van der Waals surface area contributed by atoms with Gasteiger partial charge in [0.1, 0.15) is 17.0 Å². The van der Waals surface area contributed by atoms with Gasteiger partial charge in [0.25, 0.3) is 5.91 Å². The number of oxazole rings is 1. The van der Waals surface area contributed by atoms with Gasteiger partial charge in [-0.1, -0.05) is 67.0 Å². The zero-order chi connectivity index (χ0) is 26.8. The molecule has 7 nitrogen and oxygen atoms in total. The SMILES string of the molecule is CCCCC(Oc1ccc(C(C)(C)CC)cc1C(C)(C)CC)C(=O)n1c(=O)oc2cc(N)c(O)cc21. The van der Waals surface area contributed by atoms with Crippen molar-refractivity contribution < 1.29 is 19.1 Å². The Kier molecular flexibility index (Phi) is 7.91. The van der Waals surface area contributed by atoms with Gasteiger partial charge in [0.05, 0.1) is 5.69 Å². The van der Waals surface area contributed by atoms with Crippen LogP contribution in [-0.2, 0) is 10.8 Å². The molecule has 0 aliphatic rings. The Hall–Kier alpha value is -3.22. The van der Waals surface area contributed by atoms with E-state index in [4.69, 9.17) is 14.9 Å². The van der Waals surface area contributed by atoms with E-state index in [0.717, 1.165) is 35.8 Å². The molecule has 1 unspecified atom stereocenters. The molecule has 3 aromatic rings. The minimum absolute atomic E-state index is 0.00139. The number of benzene rings is 2. The number of hydrogen-bond acceptors (Lipinski definition) is 6.